The number of amides is 2. The normalized spacial score (nSPS) is 20.5. The molecule has 2 fully saturated rings. The Labute approximate surface area is 238 Å². The Kier molecular flexibility index (Phi) is 8.02. The molecular formula is C31H32N2O6S. The van der Waals surface area contributed by atoms with Gasteiger partial charge in [-0.2, -0.15) is 0 Å². The van der Waals surface area contributed by atoms with Crippen molar-refractivity contribution in [3.05, 3.63) is 83.9 Å². The number of likely N-dealkylation sites (tertiary alicyclic amines) is 1. The van der Waals surface area contributed by atoms with Crippen LogP contribution in [0.2, 0.25) is 0 Å². The maximum atomic E-state index is 14.6. The van der Waals surface area contributed by atoms with Gasteiger partial charge in [-0.1, -0.05) is 18.2 Å². The molecule has 0 bridgehead atoms. The topological polar surface area (TPSA) is 85.4 Å². The van der Waals surface area contributed by atoms with E-state index in [9.17, 15) is 14.4 Å². The zero-order valence-electron chi connectivity index (χ0n) is 22.8. The van der Waals surface area contributed by atoms with E-state index in [1.807, 2.05) is 53.4 Å². The van der Waals surface area contributed by atoms with Crippen LogP contribution in [0.5, 0.6) is 11.5 Å². The molecule has 9 heteroatoms. The molecule has 3 aromatic carbocycles. The number of hydrogen-bond acceptors (Lipinski definition) is 7. The fourth-order valence-electron chi connectivity index (χ4n) is 5.53. The van der Waals surface area contributed by atoms with Gasteiger partial charge >= 0.3 is 5.97 Å². The molecule has 2 amide bonds. The van der Waals surface area contributed by atoms with Crippen molar-refractivity contribution >= 4 is 35.2 Å². The fourth-order valence-corrected chi connectivity index (χ4v) is 6.99. The summed E-state index contributed by atoms with van der Waals surface area (Å²) in [5.74, 6) is 0.621. The van der Waals surface area contributed by atoms with Crippen LogP contribution in [0.15, 0.2) is 77.7 Å². The smallest absolute Gasteiger partial charge is 0.337 e. The molecule has 0 unspecified atom stereocenters. The summed E-state index contributed by atoms with van der Waals surface area (Å²) in [6.45, 7) is 1.32. The summed E-state index contributed by atoms with van der Waals surface area (Å²) in [7, 11) is 4.52. The Morgan fingerprint density at radius 1 is 0.875 bits per heavy atom. The van der Waals surface area contributed by atoms with Gasteiger partial charge < -0.3 is 24.0 Å². The van der Waals surface area contributed by atoms with E-state index >= 15 is 0 Å². The van der Waals surface area contributed by atoms with Gasteiger partial charge in [0.1, 0.15) is 16.2 Å². The van der Waals surface area contributed by atoms with Crippen molar-refractivity contribution in [3.63, 3.8) is 0 Å². The van der Waals surface area contributed by atoms with E-state index in [0.717, 1.165) is 23.3 Å². The highest BCUT2D eigenvalue weighted by Crippen LogP contribution is 2.55. The molecule has 0 radical (unpaired) electrons. The van der Waals surface area contributed by atoms with Gasteiger partial charge in [-0.25, -0.2) is 4.79 Å². The first kappa shape index (κ1) is 27.6. The molecule has 0 aliphatic carbocycles. The average Bonchev–Trinajstić information content (AvgIpc) is 3.64. The van der Waals surface area contributed by atoms with E-state index in [1.165, 1.54) is 18.9 Å². The number of hydrogen-bond donors (Lipinski definition) is 0. The van der Waals surface area contributed by atoms with Crippen LogP contribution in [0.25, 0.3) is 0 Å². The van der Waals surface area contributed by atoms with Crippen molar-refractivity contribution in [1.82, 2.24) is 4.90 Å². The van der Waals surface area contributed by atoms with Gasteiger partial charge in [0.15, 0.2) is 0 Å². The Hall–Kier alpha value is -3.98. The second kappa shape index (κ2) is 11.6. The van der Waals surface area contributed by atoms with Crippen LogP contribution < -0.4 is 14.4 Å². The van der Waals surface area contributed by atoms with Gasteiger partial charge in [-0.15, -0.1) is 11.8 Å². The monoisotopic (exact) mass is 560 g/mol. The number of nitrogens with zero attached hydrogens (tertiary/aromatic N) is 2. The highest BCUT2D eigenvalue weighted by atomic mass is 32.2. The lowest BCUT2D eigenvalue weighted by Crippen LogP contribution is -2.49. The van der Waals surface area contributed by atoms with Crippen LogP contribution >= 0.6 is 11.8 Å². The quantitative estimate of drug-likeness (QED) is 0.354. The first-order valence-electron chi connectivity index (χ1n) is 13.2. The lowest BCUT2D eigenvalue weighted by atomic mass is 9.90. The van der Waals surface area contributed by atoms with Crippen molar-refractivity contribution < 1.29 is 28.6 Å². The molecule has 2 aliphatic rings. The SMILES string of the molecule is COC(=O)c1cccc(N2C(=O)C[C@](Sc3ccc(OC)cc3)(C(=O)N3CCCC3)[C@H]2c2ccc(OC)cc2)c1. The highest BCUT2D eigenvalue weighted by Gasteiger charge is 2.59. The van der Waals surface area contributed by atoms with Crippen molar-refractivity contribution in [2.24, 2.45) is 0 Å². The molecule has 2 atom stereocenters. The molecule has 0 saturated carbocycles. The van der Waals surface area contributed by atoms with E-state index in [1.54, 1.807) is 43.4 Å². The summed E-state index contributed by atoms with van der Waals surface area (Å²) in [6, 6.07) is 21.2. The van der Waals surface area contributed by atoms with Gasteiger partial charge in [0, 0.05) is 23.7 Å². The molecule has 2 saturated heterocycles. The van der Waals surface area contributed by atoms with E-state index in [0.29, 0.717) is 35.8 Å². The fraction of sp³-hybridized carbons (Fsp3) is 0.323. The first-order chi connectivity index (χ1) is 19.4. The third kappa shape index (κ3) is 5.13. The third-order valence-corrected chi connectivity index (χ3v) is 8.89. The van der Waals surface area contributed by atoms with Crippen molar-refractivity contribution in [2.45, 2.75) is 34.9 Å². The van der Waals surface area contributed by atoms with Crippen LogP contribution in [0, 0.1) is 0 Å². The van der Waals surface area contributed by atoms with Crippen molar-refractivity contribution in [1.29, 1.82) is 0 Å². The molecule has 0 spiro atoms. The molecule has 5 rings (SSSR count). The molecular weight excluding hydrogens is 528 g/mol. The Morgan fingerprint density at radius 3 is 2.10 bits per heavy atom. The zero-order valence-corrected chi connectivity index (χ0v) is 23.6. The Morgan fingerprint density at radius 2 is 1.50 bits per heavy atom. The molecule has 0 aromatic heterocycles. The minimum atomic E-state index is -1.16. The Balaban J connectivity index is 1.69. The summed E-state index contributed by atoms with van der Waals surface area (Å²) < 4.78 is 14.5. The summed E-state index contributed by atoms with van der Waals surface area (Å²) in [5, 5.41) is 0. The predicted octanol–water partition coefficient (Wildman–Crippen LogP) is 5.12. The lowest BCUT2D eigenvalue weighted by Gasteiger charge is -2.39. The van der Waals surface area contributed by atoms with Gasteiger partial charge in [0.05, 0.1) is 39.4 Å². The maximum Gasteiger partial charge on any atom is 0.337 e. The number of thioether (sulfide) groups is 1. The molecule has 208 valence electrons. The van der Waals surface area contributed by atoms with Crippen LogP contribution in [-0.2, 0) is 14.3 Å². The summed E-state index contributed by atoms with van der Waals surface area (Å²) >= 11 is 1.41. The zero-order chi connectivity index (χ0) is 28.3. The first-order valence-corrected chi connectivity index (χ1v) is 14.0. The van der Waals surface area contributed by atoms with E-state index in [4.69, 9.17) is 14.2 Å². The molecule has 0 N–H and O–H groups in total. The number of methoxy groups -OCH3 is 3. The minimum Gasteiger partial charge on any atom is -0.497 e. The van der Waals surface area contributed by atoms with E-state index in [2.05, 4.69) is 0 Å². The second-order valence-corrected chi connectivity index (χ2v) is 11.2. The number of rotatable bonds is 8. The minimum absolute atomic E-state index is 0.00181. The number of ether oxygens (including phenoxy) is 3. The van der Waals surface area contributed by atoms with Gasteiger partial charge in [-0.3, -0.25) is 9.59 Å². The van der Waals surface area contributed by atoms with Gasteiger partial charge in [0.25, 0.3) is 0 Å². The van der Waals surface area contributed by atoms with Crippen molar-refractivity contribution in [2.75, 3.05) is 39.3 Å². The summed E-state index contributed by atoms with van der Waals surface area (Å²) in [6.07, 6.45) is 1.86. The Bertz CT molecular complexity index is 1390. The number of carbonyl (C=O) groups is 3. The number of anilines is 1. The molecule has 2 heterocycles. The molecule has 3 aromatic rings. The predicted molar refractivity (Wildman–Crippen MR) is 153 cm³/mol. The standard InChI is InChI=1S/C31H32N2O6S/c1-37-24-11-9-21(10-12-24)28-31(30(36)32-17-4-5-18-32,40-26-15-13-25(38-2)14-16-26)20-27(34)33(28)23-8-6-7-22(19-23)29(35)39-3/h6-16,19,28H,4-5,17-18,20H2,1-3H3/t28-,31-/m1/s1. The van der Waals surface area contributed by atoms with Crippen LogP contribution in [0.4, 0.5) is 5.69 Å². The van der Waals surface area contributed by atoms with Crippen LogP contribution in [0.3, 0.4) is 0 Å². The summed E-state index contributed by atoms with van der Waals surface area (Å²) in [4.78, 5) is 45.4. The number of esters is 1. The largest absolute Gasteiger partial charge is 0.497 e. The van der Waals surface area contributed by atoms with E-state index < -0.39 is 16.8 Å². The number of benzene rings is 3. The average molecular weight is 561 g/mol. The molecule has 8 nitrogen and oxygen atoms in total. The van der Waals surface area contributed by atoms with Crippen molar-refractivity contribution in [3.8, 4) is 11.5 Å². The summed E-state index contributed by atoms with van der Waals surface area (Å²) in [5.41, 5.74) is 1.65. The van der Waals surface area contributed by atoms with Crippen LogP contribution in [0.1, 0.15) is 41.2 Å². The maximum absolute atomic E-state index is 14.6. The molecule has 2 aliphatic heterocycles. The van der Waals surface area contributed by atoms with Crippen LogP contribution in [-0.4, -0.2) is 61.8 Å². The third-order valence-electron chi connectivity index (χ3n) is 7.47. The van der Waals surface area contributed by atoms with Gasteiger partial charge in [0.2, 0.25) is 11.8 Å². The number of carbonyl (C=O) groups excluding carboxylic acids is 3. The lowest BCUT2D eigenvalue weighted by molar-refractivity contribution is -0.133. The molecule has 40 heavy (non-hydrogen) atoms. The highest BCUT2D eigenvalue weighted by molar-refractivity contribution is 8.01. The van der Waals surface area contributed by atoms with Gasteiger partial charge in [-0.05, 0) is 73.0 Å². The van der Waals surface area contributed by atoms with E-state index in [-0.39, 0.29) is 18.2 Å². The second-order valence-electron chi connectivity index (χ2n) is 9.82.